The molecule has 0 spiro atoms. The molecule has 5 saturated carbocycles. The van der Waals surface area contributed by atoms with Crippen molar-refractivity contribution in [3.8, 4) is 23.3 Å². The normalized spacial score (nSPS) is 31.6. The minimum absolute atomic E-state index is 0. The van der Waals surface area contributed by atoms with Gasteiger partial charge in [-0.2, -0.15) is 0 Å². The molecule has 20 nitrogen and oxygen atoms in total. The fourth-order valence-electron chi connectivity index (χ4n) is 15.7. The van der Waals surface area contributed by atoms with Crippen LogP contribution in [0.4, 0.5) is 9.59 Å². The van der Waals surface area contributed by atoms with Gasteiger partial charge in [0.2, 0.25) is 23.6 Å². The van der Waals surface area contributed by atoms with E-state index in [2.05, 4.69) is 23.2 Å². The van der Waals surface area contributed by atoms with Crippen LogP contribution < -0.4 is 29.6 Å². The van der Waals surface area contributed by atoms with Crippen molar-refractivity contribution >= 4 is 58.6 Å². The maximum atomic E-state index is 14.3. The van der Waals surface area contributed by atoms with E-state index >= 15 is 0 Å². The Morgan fingerprint density at radius 3 is 1.51 bits per heavy atom. The van der Waals surface area contributed by atoms with Crippen LogP contribution in [0.15, 0.2) is 36.4 Å². The monoisotopic (exact) mass is 1370 g/mol. The zero-order valence-corrected chi connectivity index (χ0v) is 59.2. The summed E-state index contributed by atoms with van der Waals surface area (Å²) in [5.41, 5.74) is 2.67. The molecule has 2 N–H and O–H groups in total. The minimum Gasteiger partial charge on any atom is -0.540 e. The van der Waals surface area contributed by atoms with Gasteiger partial charge in [0.1, 0.15) is 58.9 Å². The molecule has 2 aromatic heterocycles. The van der Waals surface area contributed by atoms with Gasteiger partial charge in [-0.05, 0) is 174 Å². The van der Waals surface area contributed by atoms with E-state index in [-0.39, 0.29) is 98.1 Å². The third kappa shape index (κ3) is 16.0. The Balaban J connectivity index is 0.000000201. The van der Waals surface area contributed by atoms with Crippen molar-refractivity contribution in [1.29, 1.82) is 0 Å². The minimum atomic E-state index is -0.907. The Bertz CT molecular complexity index is 3280. The SMILES string of the molecule is CC[C@@H]1[C@@H]2CN(C(=O)[C@H](C(C)(C)C)NC(=O)O[C@@H]3CC4CC4[C@H]3CCCCCc3nc4ccc(OC5CC5)cc4nc3O2)[C@@H]1[C-]=O.CC[C@@H]1[C@@H]2CN(C(=O)[C@H](C(C)(C)C)NC(=O)O[C@]3(C)CCC[C@H]3CCCCCc3nc4ccc(OC5CC5)cc4nc3O2)[C@@H]1[C-]=O.[V].[V]. The van der Waals surface area contributed by atoms with Gasteiger partial charge in [-0.1, -0.05) is 106 Å². The second kappa shape index (κ2) is 29.6. The molecule has 4 aliphatic heterocycles. The second-order valence-electron chi connectivity index (χ2n) is 30.3. The Morgan fingerprint density at radius 1 is 0.564 bits per heavy atom. The number of nitrogens with one attached hydrogen (secondary N) is 2. The molecule has 4 amide bonds. The molecule has 2 saturated heterocycles. The molecule has 5 aliphatic carbocycles. The summed E-state index contributed by atoms with van der Waals surface area (Å²) in [6.45, 7) is 17.8. The largest absolute Gasteiger partial charge is 0.540 e. The number of rotatable bonds is 8. The number of benzene rings is 2. The Hall–Kier alpha value is -5.69. The van der Waals surface area contributed by atoms with Crippen LogP contribution >= 0.6 is 0 Å². The summed E-state index contributed by atoms with van der Waals surface area (Å²) in [5.74, 6) is 3.02. The fourth-order valence-corrected chi connectivity index (χ4v) is 15.7. The van der Waals surface area contributed by atoms with E-state index in [4.69, 9.17) is 48.4 Å². The van der Waals surface area contributed by atoms with E-state index < -0.39 is 65.0 Å². The summed E-state index contributed by atoms with van der Waals surface area (Å²) in [7, 11) is 0. The van der Waals surface area contributed by atoms with Crippen molar-refractivity contribution in [3.63, 3.8) is 0 Å². The Labute approximate surface area is 577 Å². The average molecular weight is 1370 g/mol. The standard InChI is InChI=1S/C36H47N4O6.C36H49N4O6.2V/c1-5-23-29(19-41)40-18-31(23)45-33-27(37-26-14-13-22(17-28(26)38-33)44-21-11-12-21)10-8-6-7-9-24-25-15-20(25)16-30(24)46-35(43)39-32(34(40)42)36(2,3)4;1-6-25-29(21-41)40-20-30(25)45-32-27(37-26-17-16-24(19-28(26)38-32)44-23-14-15-23)13-9-7-8-11-22-12-10-18-36(22,5)46-34(43)39-31(33(40)42)35(2,3)4;;/h13-14,17,20-21,23-25,29-32H,5-12,15-16,18H2,1-4H3,(H,39,43);16-17,19,22-23,25,29-31H,6-15,18,20H2,1-5H3,(H,39,43);;/q2*-1;;/t20?,23-,24+,25?,29+,30+,31-,32+;22-,25+,29-,30+,31-,36-;;/m01../s1. The van der Waals surface area contributed by atoms with Crippen molar-refractivity contribution in [1.82, 2.24) is 40.4 Å². The van der Waals surface area contributed by atoms with Crippen LogP contribution in [0.5, 0.6) is 23.3 Å². The van der Waals surface area contributed by atoms with Gasteiger partial charge in [0.15, 0.2) is 0 Å². The van der Waals surface area contributed by atoms with Crippen molar-refractivity contribution in [2.45, 2.75) is 257 Å². The van der Waals surface area contributed by atoms with Crippen molar-refractivity contribution in [3.05, 3.63) is 47.8 Å². The summed E-state index contributed by atoms with van der Waals surface area (Å²) in [6, 6.07) is 8.23. The van der Waals surface area contributed by atoms with Crippen LogP contribution in [-0.2, 0) is 78.6 Å². The van der Waals surface area contributed by atoms with Gasteiger partial charge in [0.05, 0.1) is 47.4 Å². The van der Waals surface area contributed by atoms with Crippen LogP contribution in [0.25, 0.3) is 22.1 Å². The maximum absolute atomic E-state index is 14.3. The molecular weight excluding hydrogens is 1270 g/mol. The number of fused-ring (bicyclic) bond motifs is 12. The summed E-state index contributed by atoms with van der Waals surface area (Å²) >= 11 is 0. The molecule has 2 unspecified atom stereocenters. The number of alkyl carbamates (subject to hydrolysis) is 2. The third-order valence-electron chi connectivity index (χ3n) is 21.3. The predicted molar refractivity (Wildman–Crippen MR) is 344 cm³/mol. The summed E-state index contributed by atoms with van der Waals surface area (Å²) in [6.07, 6.45) is 22.2. The summed E-state index contributed by atoms with van der Waals surface area (Å²) in [4.78, 5) is 103. The number of hydrogen-bond acceptors (Lipinski definition) is 16. The van der Waals surface area contributed by atoms with Crippen LogP contribution in [0.2, 0.25) is 0 Å². The molecule has 2 aromatic carbocycles. The number of aryl methyl sites for hydroxylation is 2. The first-order chi connectivity index (χ1) is 44.1. The Morgan fingerprint density at radius 2 is 1.04 bits per heavy atom. The van der Waals surface area contributed by atoms with Crippen molar-refractivity contribution in [2.24, 2.45) is 46.3 Å². The first-order valence-electron chi connectivity index (χ1n) is 34.7. The van der Waals surface area contributed by atoms with E-state index in [9.17, 15) is 28.8 Å². The maximum Gasteiger partial charge on any atom is 0.408 e. The molecule has 4 aromatic rings. The first kappa shape index (κ1) is 71.1. The molecular formula is C72H96N8O12V2-2. The predicted octanol–water partition coefficient (Wildman–Crippen LogP) is 11.6. The molecule has 22 heteroatoms. The van der Waals surface area contributed by atoms with E-state index in [1.165, 1.54) is 16.2 Å². The zero-order chi connectivity index (χ0) is 64.8. The van der Waals surface area contributed by atoms with Gasteiger partial charge in [0.25, 0.3) is 0 Å². The van der Waals surface area contributed by atoms with Crippen LogP contribution in [0.1, 0.15) is 196 Å². The molecule has 6 heterocycles. The topological polar surface area (TPSA) is 240 Å². The number of hydrogen-bond donors (Lipinski definition) is 2. The van der Waals surface area contributed by atoms with E-state index in [1.807, 2.05) is 98.7 Å². The number of ether oxygens (including phenoxy) is 6. The Kier molecular flexibility index (Phi) is 22.4. The first-order valence-corrected chi connectivity index (χ1v) is 34.7. The number of nitrogens with zero attached hydrogens (tertiary/aromatic N) is 6. The third-order valence-corrected chi connectivity index (χ3v) is 21.3. The van der Waals surface area contributed by atoms with Crippen LogP contribution in [0, 0.1) is 46.3 Å². The fraction of sp³-hybridized carbons (Fsp3) is 0.694. The van der Waals surface area contributed by atoms with Gasteiger partial charge in [-0.15, -0.1) is 0 Å². The van der Waals surface area contributed by atoms with Gasteiger partial charge in [-0.25, -0.2) is 42.1 Å². The van der Waals surface area contributed by atoms with E-state index in [1.54, 1.807) is 0 Å². The molecule has 13 rings (SSSR count). The van der Waals surface area contributed by atoms with Crippen molar-refractivity contribution in [2.75, 3.05) is 13.1 Å². The molecule has 2 radical (unpaired) electrons. The number of carbonyl (C=O) groups is 4. The molecule has 9 aliphatic rings. The average Bonchev–Trinajstić information content (AvgIpc) is 1.58. The van der Waals surface area contributed by atoms with Crippen LogP contribution in [0.3, 0.4) is 0 Å². The number of aromatic nitrogens is 4. The molecule has 14 atom stereocenters. The smallest absolute Gasteiger partial charge is 0.408 e. The summed E-state index contributed by atoms with van der Waals surface area (Å²) < 4.78 is 37.6. The number of carbonyl (C=O) groups excluding carboxylic acids is 6. The van der Waals surface area contributed by atoms with E-state index in [0.29, 0.717) is 66.2 Å². The number of amides is 4. The zero-order valence-electron chi connectivity index (χ0n) is 56.4. The quantitative estimate of drug-likeness (QED) is 0.156. The van der Waals surface area contributed by atoms with E-state index in [0.717, 1.165) is 137 Å². The molecule has 508 valence electrons. The molecule has 94 heavy (non-hydrogen) atoms. The summed E-state index contributed by atoms with van der Waals surface area (Å²) in [5, 5.41) is 5.83. The van der Waals surface area contributed by atoms with Crippen molar-refractivity contribution < 1.29 is 94.3 Å². The molecule has 4 bridgehead atoms. The second-order valence-corrected chi connectivity index (χ2v) is 30.3. The molecule has 7 fully saturated rings. The van der Waals surface area contributed by atoms with Gasteiger partial charge >= 0.3 is 12.2 Å². The van der Waals surface area contributed by atoms with Gasteiger partial charge in [0, 0.05) is 49.2 Å². The van der Waals surface area contributed by atoms with Gasteiger partial charge in [-0.3, -0.25) is 9.59 Å². The van der Waals surface area contributed by atoms with Gasteiger partial charge < -0.3 is 58.4 Å². The van der Waals surface area contributed by atoms with Crippen LogP contribution in [-0.4, -0.2) is 140 Å².